The molecule has 1 aromatic carbocycles. The van der Waals surface area contributed by atoms with E-state index >= 15 is 0 Å². The Morgan fingerprint density at radius 1 is 1.29 bits per heavy atom. The summed E-state index contributed by atoms with van der Waals surface area (Å²) in [4.78, 5) is 30.3. The topological polar surface area (TPSA) is 86.2 Å². The molecule has 0 aliphatic heterocycles. The number of nitrogens with one attached hydrogen (secondary N) is 1. The third-order valence-electron chi connectivity index (χ3n) is 3.67. The molecule has 0 radical (unpaired) electrons. The first-order chi connectivity index (χ1) is 13.5. The highest BCUT2D eigenvalue weighted by Crippen LogP contribution is 2.33. The molecule has 0 spiro atoms. The van der Waals surface area contributed by atoms with E-state index in [-0.39, 0.29) is 19.1 Å². The van der Waals surface area contributed by atoms with Crippen molar-refractivity contribution < 1.29 is 23.9 Å². The molecular formula is C20H24N2O5S. The zero-order valence-corrected chi connectivity index (χ0v) is 17.2. The Labute approximate surface area is 168 Å². The molecule has 2 rings (SSSR count). The quantitative estimate of drug-likeness (QED) is 0.387. The van der Waals surface area contributed by atoms with Crippen molar-refractivity contribution in [1.29, 1.82) is 0 Å². The minimum absolute atomic E-state index is 0.227. The highest BCUT2D eigenvalue weighted by atomic mass is 32.1. The van der Waals surface area contributed by atoms with Crippen molar-refractivity contribution in [3.8, 4) is 5.75 Å². The molecule has 2 aromatic rings. The number of carbonyl (C=O) groups is 2. The fraction of sp³-hybridized carbons (Fsp3) is 0.350. The van der Waals surface area contributed by atoms with Crippen LogP contribution in [0.1, 0.15) is 47.5 Å². The fourth-order valence-electron chi connectivity index (χ4n) is 2.27. The van der Waals surface area contributed by atoms with E-state index in [0.29, 0.717) is 16.3 Å². The minimum Gasteiger partial charge on any atom is -0.496 e. The molecule has 1 amide bonds. The summed E-state index contributed by atoms with van der Waals surface area (Å²) >= 11 is 1.35. The zero-order chi connectivity index (χ0) is 20.5. The maximum Gasteiger partial charge on any atom is 0.341 e. The van der Waals surface area contributed by atoms with E-state index in [9.17, 15) is 9.59 Å². The molecule has 28 heavy (non-hydrogen) atoms. The van der Waals surface area contributed by atoms with Gasteiger partial charge in [0.15, 0.2) is 6.61 Å². The third kappa shape index (κ3) is 5.82. The largest absolute Gasteiger partial charge is 0.496 e. The van der Waals surface area contributed by atoms with Gasteiger partial charge in [-0.05, 0) is 31.0 Å². The van der Waals surface area contributed by atoms with Crippen molar-refractivity contribution in [2.45, 2.75) is 26.7 Å². The van der Waals surface area contributed by atoms with Gasteiger partial charge in [0.2, 0.25) is 0 Å². The van der Waals surface area contributed by atoms with Crippen LogP contribution in [0.2, 0.25) is 0 Å². The van der Waals surface area contributed by atoms with Gasteiger partial charge in [-0.2, -0.15) is 0 Å². The first-order valence-electron chi connectivity index (χ1n) is 8.85. The normalized spacial score (nSPS) is 10.9. The molecule has 0 aliphatic carbocycles. The number of ether oxygens (including phenoxy) is 2. The Kier molecular flexibility index (Phi) is 8.01. The van der Waals surface area contributed by atoms with Crippen molar-refractivity contribution in [2.75, 3.05) is 25.6 Å². The van der Waals surface area contributed by atoms with Gasteiger partial charge in [-0.1, -0.05) is 31.1 Å². The fourth-order valence-corrected chi connectivity index (χ4v) is 3.34. The molecule has 0 saturated heterocycles. The summed E-state index contributed by atoms with van der Waals surface area (Å²) in [6.45, 7) is 5.74. The summed E-state index contributed by atoms with van der Waals surface area (Å²) in [7, 11) is 1.56. The monoisotopic (exact) mass is 404 g/mol. The number of carbonyl (C=O) groups excluding carboxylic acids is 2. The molecule has 0 fully saturated rings. The van der Waals surface area contributed by atoms with Crippen molar-refractivity contribution in [3.63, 3.8) is 0 Å². The van der Waals surface area contributed by atoms with Crippen LogP contribution in [-0.4, -0.2) is 38.4 Å². The third-order valence-corrected chi connectivity index (χ3v) is 5.02. The lowest BCUT2D eigenvalue weighted by atomic mass is 10.1. The van der Waals surface area contributed by atoms with Gasteiger partial charge in [-0.3, -0.25) is 4.79 Å². The lowest BCUT2D eigenvalue weighted by Crippen LogP contribution is -2.18. The lowest BCUT2D eigenvalue weighted by molar-refractivity contribution is -0.120. The maximum atomic E-state index is 12.2. The van der Waals surface area contributed by atoms with Crippen LogP contribution in [0, 0.1) is 0 Å². The number of rotatable bonds is 9. The van der Waals surface area contributed by atoms with Gasteiger partial charge >= 0.3 is 5.97 Å². The average molecular weight is 404 g/mol. The molecule has 1 heterocycles. The Morgan fingerprint density at radius 2 is 2.04 bits per heavy atom. The number of hydrogen-bond acceptors (Lipinski definition) is 7. The van der Waals surface area contributed by atoms with Crippen LogP contribution in [0.15, 0.2) is 35.5 Å². The molecule has 7 nitrogen and oxygen atoms in total. The maximum absolute atomic E-state index is 12.2. The van der Waals surface area contributed by atoms with Gasteiger partial charge in [0, 0.05) is 10.4 Å². The van der Waals surface area contributed by atoms with Gasteiger partial charge in [0.25, 0.3) is 5.91 Å². The average Bonchev–Trinajstić information content (AvgIpc) is 3.10. The molecular weight excluding hydrogens is 380 g/mol. The second-order valence-electron chi connectivity index (χ2n) is 6.06. The van der Waals surface area contributed by atoms with Gasteiger partial charge in [-0.15, -0.1) is 11.3 Å². The van der Waals surface area contributed by atoms with E-state index < -0.39 is 11.9 Å². The van der Waals surface area contributed by atoms with Crippen LogP contribution in [-0.2, 0) is 14.4 Å². The van der Waals surface area contributed by atoms with Gasteiger partial charge in [0.1, 0.15) is 10.8 Å². The lowest BCUT2D eigenvalue weighted by Gasteiger charge is -2.05. The number of methoxy groups -OCH3 is 1. The predicted octanol–water partition coefficient (Wildman–Crippen LogP) is 4.05. The molecule has 0 unspecified atom stereocenters. The molecule has 0 atom stereocenters. The SMILES string of the molecule is CCOC(=O)c1cc(C(C)C)sc1NC(=O)CO/N=C\c1ccccc1OC. The molecule has 0 saturated carbocycles. The Morgan fingerprint density at radius 3 is 2.71 bits per heavy atom. The van der Waals surface area contributed by atoms with Gasteiger partial charge < -0.3 is 19.6 Å². The summed E-state index contributed by atoms with van der Waals surface area (Å²) in [6.07, 6.45) is 1.47. The highest BCUT2D eigenvalue weighted by molar-refractivity contribution is 7.16. The van der Waals surface area contributed by atoms with Gasteiger partial charge in [-0.25, -0.2) is 4.79 Å². The van der Waals surface area contributed by atoms with Crippen molar-refractivity contribution in [2.24, 2.45) is 5.16 Å². The summed E-state index contributed by atoms with van der Waals surface area (Å²) < 4.78 is 10.3. The second-order valence-corrected chi connectivity index (χ2v) is 7.15. The van der Waals surface area contributed by atoms with Gasteiger partial charge in [0.05, 0.1) is 25.5 Å². The molecule has 1 N–H and O–H groups in total. The number of thiophene rings is 1. The Balaban J connectivity index is 1.99. The standard InChI is InChI=1S/C20H24N2O5S/c1-5-26-20(24)15-10-17(13(2)3)28-19(15)22-18(23)12-27-21-11-14-8-6-7-9-16(14)25-4/h6-11,13H,5,12H2,1-4H3,(H,22,23)/b21-11-. The van der Waals surface area contributed by atoms with Crippen LogP contribution in [0.25, 0.3) is 0 Å². The number of benzene rings is 1. The van der Waals surface area contributed by atoms with Crippen LogP contribution in [0.5, 0.6) is 5.75 Å². The summed E-state index contributed by atoms with van der Waals surface area (Å²) in [6, 6.07) is 9.06. The number of anilines is 1. The summed E-state index contributed by atoms with van der Waals surface area (Å²) in [5.41, 5.74) is 1.08. The first-order valence-corrected chi connectivity index (χ1v) is 9.67. The number of amides is 1. The van der Waals surface area contributed by atoms with Crippen LogP contribution < -0.4 is 10.1 Å². The molecule has 0 bridgehead atoms. The van der Waals surface area contributed by atoms with E-state index in [4.69, 9.17) is 14.3 Å². The molecule has 8 heteroatoms. The Bertz CT molecular complexity index is 845. The van der Waals surface area contributed by atoms with Crippen LogP contribution >= 0.6 is 11.3 Å². The number of esters is 1. The van der Waals surface area contributed by atoms with Crippen molar-refractivity contribution >= 4 is 34.4 Å². The number of para-hydroxylation sites is 1. The smallest absolute Gasteiger partial charge is 0.341 e. The number of oxime groups is 1. The first kappa shape index (κ1) is 21.4. The van der Waals surface area contributed by atoms with E-state index in [1.807, 2.05) is 32.0 Å². The zero-order valence-electron chi connectivity index (χ0n) is 16.4. The van der Waals surface area contributed by atoms with Crippen LogP contribution in [0.3, 0.4) is 0 Å². The van der Waals surface area contributed by atoms with Crippen molar-refractivity contribution in [3.05, 3.63) is 46.3 Å². The molecule has 1 aromatic heterocycles. The molecule has 0 aliphatic rings. The minimum atomic E-state index is -0.462. The summed E-state index contributed by atoms with van der Waals surface area (Å²) in [5.74, 6) is -0.000320. The molecule has 150 valence electrons. The van der Waals surface area contributed by atoms with E-state index in [1.54, 1.807) is 26.2 Å². The van der Waals surface area contributed by atoms with E-state index in [0.717, 1.165) is 10.4 Å². The van der Waals surface area contributed by atoms with E-state index in [2.05, 4.69) is 10.5 Å². The van der Waals surface area contributed by atoms with E-state index in [1.165, 1.54) is 17.6 Å². The van der Waals surface area contributed by atoms with Crippen LogP contribution in [0.4, 0.5) is 5.00 Å². The highest BCUT2D eigenvalue weighted by Gasteiger charge is 2.20. The second kappa shape index (κ2) is 10.5. The summed E-state index contributed by atoms with van der Waals surface area (Å²) in [5, 5.41) is 6.95. The Hall–Kier alpha value is -2.87. The number of hydrogen-bond donors (Lipinski definition) is 1. The van der Waals surface area contributed by atoms with Crippen molar-refractivity contribution in [1.82, 2.24) is 0 Å². The predicted molar refractivity (Wildman–Crippen MR) is 110 cm³/mol. The number of nitrogens with zero attached hydrogens (tertiary/aromatic N) is 1.